The fraction of sp³-hybridized carbons (Fsp3) is 0.125. The summed E-state index contributed by atoms with van der Waals surface area (Å²) in [5, 5.41) is 23.8. The van der Waals surface area contributed by atoms with E-state index in [1.54, 1.807) is 41.9 Å². The molecule has 0 aliphatic carbocycles. The maximum Gasteiger partial charge on any atom is 0.274 e. The molecule has 2 aromatic carbocycles. The van der Waals surface area contributed by atoms with Crippen LogP contribution < -0.4 is 16.1 Å². The SMILES string of the molecule is O=C(NO)c1ccc2c(c1)NC(=O)C(Cc1ccc(O)cc1)N2. The Hall–Kier alpha value is -3.06. The van der Waals surface area contributed by atoms with Crippen molar-refractivity contribution in [3.63, 3.8) is 0 Å². The van der Waals surface area contributed by atoms with Crippen molar-refractivity contribution in [2.24, 2.45) is 0 Å². The number of aromatic hydroxyl groups is 1. The van der Waals surface area contributed by atoms with Crippen LogP contribution in [0.25, 0.3) is 0 Å². The van der Waals surface area contributed by atoms with Crippen molar-refractivity contribution in [2.75, 3.05) is 10.6 Å². The molecule has 0 aromatic heterocycles. The van der Waals surface area contributed by atoms with Gasteiger partial charge in [0.1, 0.15) is 11.8 Å². The molecule has 1 heterocycles. The molecule has 118 valence electrons. The van der Waals surface area contributed by atoms with Crippen molar-refractivity contribution in [2.45, 2.75) is 12.5 Å². The van der Waals surface area contributed by atoms with Gasteiger partial charge in [-0.1, -0.05) is 12.1 Å². The second-order valence-corrected chi connectivity index (χ2v) is 5.26. The number of fused-ring (bicyclic) bond motifs is 1. The number of phenolic OH excluding ortho intramolecular Hbond substituents is 1. The molecule has 23 heavy (non-hydrogen) atoms. The molecule has 7 nitrogen and oxygen atoms in total. The Morgan fingerprint density at radius 2 is 1.87 bits per heavy atom. The molecule has 7 heteroatoms. The van der Waals surface area contributed by atoms with Crippen molar-refractivity contribution < 1.29 is 19.9 Å². The summed E-state index contributed by atoms with van der Waals surface area (Å²) in [6.07, 6.45) is 0.463. The highest BCUT2D eigenvalue weighted by molar-refractivity contribution is 6.05. The minimum atomic E-state index is -0.645. The topological polar surface area (TPSA) is 111 Å². The van der Waals surface area contributed by atoms with Crippen LogP contribution in [0.2, 0.25) is 0 Å². The zero-order chi connectivity index (χ0) is 16.4. The summed E-state index contributed by atoms with van der Waals surface area (Å²) in [5.41, 5.74) is 3.89. The second-order valence-electron chi connectivity index (χ2n) is 5.26. The van der Waals surface area contributed by atoms with E-state index >= 15 is 0 Å². The molecule has 1 aliphatic heterocycles. The average Bonchev–Trinajstić information content (AvgIpc) is 2.56. The van der Waals surface area contributed by atoms with Crippen LogP contribution in [0, 0.1) is 0 Å². The first-order valence-corrected chi connectivity index (χ1v) is 7.00. The quantitative estimate of drug-likeness (QED) is 0.435. The van der Waals surface area contributed by atoms with Crippen molar-refractivity contribution >= 4 is 23.2 Å². The van der Waals surface area contributed by atoms with Crippen LogP contribution in [0.5, 0.6) is 5.75 Å². The molecule has 5 N–H and O–H groups in total. The van der Waals surface area contributed by atoms with Gasteiger partial charge in [0.2, 0.25) is 5.91 Å². The van der Waals surface area contributed by atoms with Crippen LogP contribution >= 0.6 is 0 Å². The van der Waals surface area contributed by atoms with E-state index < -0.39 is 11.9 Å². The van der Waals surface area contributed by atoms with Crippen LogP contribution in [0.15, 0.2) is 42.5 Å². The van der Waals surface area contributed by atoms with Crippen LogP contribution in [0.1, 0.15) is 15.9 Å². The van der Waals surface area contributed by atoms with Crippen molar-refractivity contribution in [3.8, 4) is 5.75 Å². The van der Waals surface area contributed by atoms with E-state index in [9.17, 15) is 14.7 Å². The minimum Gasteiger partial charge on any atom is -0.508 e. The van der Waals surface area contributed by atoms with Crippen molar-refractivity contribution in [3.05, 3.63) is 53.6 Å². The molecule has 1 unspecified atom stereocenters. The summed E-state index contributed by atoms with van der Waals surface area (Å²) in [5.74, 6) is -0.685. The first-order chi connectivity index (χ1) is 11.1. The van der Waals surface area contributed by atoms with E-state index in [1.165, 1.54) is 6.07 Å². The van der Waals surface area contributed by atoms with Crippen molar-refractivity contribution in [1.82, 2.24) is 5.48 Å². The number of hydrogen-bond acceptors (Lipinski definition) is 5. The van der Waals surface area contributed by atoms with Crippen LogP contribution in [0.4, 0.5) is 11.4 Å². The Morgan fingerprint density at radius 1 is 1.13 bits per heavy atom. The fourth-order valence-corrected chi connectivity index (χ4v) is 2.46. The van der Waals surface area contributed by atoms with E-state index in [4.69, 9.17) is 5.21 Å². The summed E-state index contributed by atoms with van der Waals surface area (Å²) < 4.78 is 0. The van der Waals surface area contributed by atoms with Crippen LogP contribution in [0.3, 0.4) is 0 Å². The lowest BCUT2D eigenvalue weighted by atomic mass is 10.0. The molecule has 0 spiro atoms. The first-order valence-electron chi connectivity index (χ1n) is 7.00. The van der Waals surface area contributed by atoms with Crippen molar-refractivity contribution in [1.29, 1.82) is 0 Å². The summed E-state index contributed by atoms with van der Waals surface area (Å²) >= 11 is 0. The number of nitrogens with one attached hydrogen (secondary N) is 3. The highest BCUT2D eigenvalue weighted by atomic mass is 16.5. The molecular weight excluding hydrogens is 298 g/mol. The number of anilines is 2. The van der Waals surface area contributed by atoms with Gasteiger partial charge < -0.3 is 15.7 Å². The second kappa shape index (κ2) is 5.98. The third kappa shape index (κ3) is 3.09. The van der Waals surface area contributed by atoms with Gasteiger partial charge >= 0.3 is 0 Å². The Kier molecular flexibility index (Phi) is 3.86. The molecule has 1 atom stereocenters. The van der Waals surface area contributed by atoms with Gasteiger partial charge in [0.05, 0.1) is 11.4 Å². The average molecular weight is 313 g/mol. The van der Waals surface area contributed by atoms with Gasteiger partial charge in [0, 0.05) is 12.0 Å². The number of carbonyl (C=O) groups excluding carboxylic acids is 2. The maximum atomic E-state index is 12.2. The Morgan fingerprint density at radius 3 is 2.57 bits per heavy atom. The first kappa shape index (κ1) is 14.9. The van der Waals surface area contributed by atoms with Crippen LogP contribution in [-0.4, -0.2) is 28.2 Å². The number of hydrogen-bond donors (Lipinski definition) is 5. The summed E-state index contributed by atoms with van der Waals surface area (Å²) in [6, 6.07) is 10.9. The Bertz CT molecular complexity index is 758. The predicted molar refractivity (Wildman–Crippen MR) is 83.5 cm³/mol. The fourth-order valence-electron chi connectivity index (χ4n) is 2.46. The van der Waals surface area contributed by atoms with E-state index in [-0.39, 0.29) is 17.2 Å². The number of amides is 2. The molecule has 0 saturated carbocycles. The van der Waals surface area contributed by atoms with Gasteiger partial charge in [0.25, 0.3) is 5.91 Å². The molecule has 3 rings (SSSR count). The van der Waals surface area contributed by atoms with Gasteiger partial charge in [-0.25, -0.2) is 5.48 Å². The van der Waals surface area contributed by atoms with Gasteiger partial charge in [0.15, 0.2) is 0 Å². The molecule has 0 saturated heterocycles. The summed E-state index contributed by atoms with van der Waals surface area (Å²) in [7, 11) is 0. The minimum absolute atomic E-state index is 0.176. The smallest absolute Gasteiger partial charge is 0.274 e. The third-order valence-corrected chi connectivity index (χ3v) is 3.66. The van der Waals surface area contributed by atoms with Gasteiger partial charge in [-0.15, -0.1) is 0 Å². The molecule has 0 fully saturated rings. The number of benzene rings is 2. The van der Waals surface area contributed by atoms with Gasteiger partial charge in [-0.2, -0.15) is 0 Å². The van der Waals surface area contributed by atoms with E-state index in [0.717, 1.165) is 5.56 Å². The standard InChI is InChI=1S/C16H15N3O4/c20-11-4-1-9(2-5-11)7-14-16(22)18-13-8-10(15(21)19-23)3-6-12(13)17-14/h1-6,8,14,17,20,23H,7H2,(H,18,22)(H,19,21). The number of phenols is 1. The third-order valence-electron chi connectivity index (χ3n) is 3.66. The number of rotatable bonds is 3. The van der Waals surface area contributed by atoms with E-state index in [1.807, 2.05) is 0 Å². The van der Waals surface area contributed by atoms with Crippen LogP contribution in [-0.2, 0) is 11.2 Å². The zero-order valence-corrected chi connectivity index (χ0v) is 12.0. The molecule has 0 radical (unpaired) electrons. The lowest BCUT2D eigenvalue weighted by Gasteiger charge is -2.27. The van der Waals surface area contributed by atoms with E-state index in [0.29, 0.717) is 17.8 Å². The summed E-state index contributed by atoms with van der Waals surface area (Å²) in [4.78, 5) is 23.6. The lowest BCUT2D eigenvalue weighted by molar-refractivity contribution is -0.117. The molecule has 2 aromatic rings. The van der Waals surface area contributed by atoms with E-state index in [2.05, 4.69) is 10.6 Å². The lowest BCUT2D eigenvalue weighted by Crippen LogP contribution is -2.40. The molecule has 2 amide bonds. The maximum absolute atomic E-state index is 12.2. The molecule has 1 aliphatic rings. The number of carbonyl (C=O) groups is 2. The Labute approximate surface area is 131 Å². The zero-order valence-electron chi connectivity index (χ0n) is 12.0. The largest absolute Gasteiger partial charge is 0.508 e. The Balaban J connectivity index is 1.79. The van der Waals surface area contributed by atoms with Gasteiger partial charge in [-0.3, -0.25) is 14.8 Å². The predicted octanol–water partition coefficient (Wildman–Crippen LogP) is 1.49. The number of hydroxylamine groups is 1. The molecular formula is C16H15N3O4. The summed E-state index contributed by atoms with van der Waals surface area (Å²) in [6.45, 7) is 0. The highest BCUT2D eigenvalue weighted by Crippen LogP contribution is 2.29. The highest BCUT2D eigenvalue weighted by Gasteiger charge is 2.26. The monoisotopic (exact) mass is 313 g/mol. The molecule has 0 bridgehead atoms. The van der Waals surface area contributed by atoms with Gasteiger partial charge in [-0.05, 0) is 35.9 Å². The normalized spacial score (nSPS) is 16.0.